The van der Waals surface area contributed by atoms with Crippen LogP contribution < -0.4 is 10.6 Å². The van der Waals surface area contributed by atoms with Crippen molar-refractivity contribution in [3.05, 3.63) is 29.8 Å². The molecule has 0 spiro atoms. The van der Waals surface area contributed by atoms with Gasteiger partial charge >= 0.3 is 0 Å². The summed E-state index contributed by atoms with van der Waals surface area (Å²) in [6.45, 7) is 5.22. The lowest BCUT2D eigenvalue weighted by atomic mass is 9.81. The highest BCUT2D eigenvalue weighted by molar-refractivity contribution is 6.10. The Kier molecular flexibility index (Phi) is 4.74. The first kappa shape index (κ1) is 18.1. The number of benzene rings is 1. The fraction of sp³-hybridized carbons (Fsp3) is 0.550. The lowest BCUT2D eigenvalue weighted by molar-refractivity contribution is -0.148. The van der Waals surface area contributed by atoms with Crippen LogP contribution in [0.4, 0.5) is 5.69 Å². The summed E-state index contributed by atoms with van der Waals surface area (Å²) in [5.41, 5.74) is 1.71. The SMILES string of the molecule is CCNCc1cccc(NC(=O)C(C)N2C(=O)C3C4CCC(O4)C3C2=O)c1. The smallest absolute Gasteiger partial charge is 0.247 e. The molecule has 0 saturated carbocycles. The van der Waals surface area contributed by atoms with Gasteiger partial charge in [0.25, 0.3) is 0 Å². The van der Waals surface area contributed by atoms with Gasteiger partial charge in [-0.2, -0.15) is 0 Å². The van der Waals surface area contributed by atoms with Gasteiger partial charge in [-0.1, -0.05) is 19.1 Å². The summed E-state index contributed by atoms with van der Waals surface area (Å²) >= 11 is 0. The topological polar surface area (TPSA) is 87.7 Å². The zero-order chi connectivity index (χ0) is 19.1. The molecular weight excluding hydrogens is 346 g/mol. The minimum absolute atomic E-state index is 0.167. The van der Waals surface area contributed by atoms with Crippen LogP contribution >= 0.6 is 0 Å². The van der Waals surface area contributed by atoms with Crippen molar-refractivity contribution in [2.45, 2.75) is 51.5 Å². The summed E-state index contributed by atoms with van der Waals surface area (Å²) in [5.74, 6) is -1.70. The average Bonchev–Trinajstić information content (AvgIpc) is 3.33. The van der Waals surface area contributed by atoms with E-state index in [4.69, 9.17) is 4.74 Å². The second kappa shape index (κ2) is 7.05. The Labute approximate surface area is 158 Å². The fourth-order valence-corrected chi connectivity index (χ4v) is 4.51. The lowest BCUT2D eigenvalue weighted by Crippen LogP contribution is -2.47. The minimum Gasteiger partial charge on any atom is -0.373 e. The van der Waals surface area contributed by atoms with Crippen LogP contribution in [0.3, 0.4) is 0 Å². The highest BCUT2D eigenvalue weighted by atomic mass is 16.5. The van der Waals surface area contributed by atoms with Crippen LogP contribution in [0.15, 0.2) is 24.3 Å². The molecule has 4 rings (SSSR count). The van der Waals surface area contributed by atoms with Crippen LogP contribution in [-0.4, -0.2) is 47.4 Å². The van der Waals surface area contributed by atoms with Gasteiger partial charge in [0.15, 0.2) is 0 Å². The Bertz CT molecular complexity index is 752. The molecule has 3 fully saturated rings. The minimum atomic E-state index is -0.840. The Balaban J connectivity index is 1.45. The third-order valence-electron chi connectivity index (χ3n) is 5.86. The number of fused-ring (bicyclic) bond motifs is 5. The Morgan fingerprint density at radius 3 is 2.52 bits per heavy atom. The van der Waals surface area contributed by atoms with Crippen LogP contribution in [0.1, 0.15) is 32.3 Å². The molecule has 7 heteroatoms. The average molecular weight is 371 g/mol. The highest BCUT2D eigenvalue weighted by Crippen LogP contribution is 2.48. The maximum Gasteiger partial charge on any atom is 0.247 e. The Hall–Kier alpha value is -2.25. The standard InChI is InChI=1S/C20H25N3O4/c1-3-21-10-12-5-4-6-13(9-12)22-18(24)11(2)23-19(25)16-14-7-8-15(27-14)17(16)20(23)26/h4-6,9,11,14-17,21H,3,7-8,10H2,1-2H3,(H,22,24). The number of amides is 3. The number of rotatable bonds is 6. The van der Waals surface area contributed by atoms with E-state index in [-0.39, 0.29) is 29.9 Å². The summed E-state index contributed by atoms with van der Waals surface area (Å²) < 4.78 is 5.73. The van der Waals surface area contributed by atoms with Gasteiger partial charge in [-0.25, -0.2) is 0 Å². The Morgan fingerprint density at radius 2 is 1.89 bits per heavy atom. The van der Waals surface area contributed by atoms with Crippen LogP contribution in [-0.2, 0) is 25.7 Å². The number of imide groups is 1. The molecule has 0 radical (unpaired) electrons. The van der Waals surface area contributed by atoms with Gasteiger partial charge in [0, 0.05) is 12.2 Å². The number of nitrogens with zero attached hydrogens (tertiary/aromatic N) is 1. The van der Waals surface area contributed by atoms with E-state index in [1.165, 1.54) is 0 Å². The van der Waals surface area contributed by atoms with E-state index >= 15 is 0 Å². The summed E-state index contributed by atoms with van der Waals surface area (Å²) in [7, 11) is 0. The van der Waals surface area contributed by atoms with Crippen molar-refractivity contribution in [2.24, 2.45) is 11.8 Å². The van der Waals surface area contributed by atoms with E-state index in [1.54, 1.807) is 13.0 Å². The van der Waals surface area contributed by atoms with Crippen LogP contribution in [0.2, 0.25) is 0 Å². The van der Waals surface area contributed by atoms with Crippen molar-refractivity contribution in [3.63, 3.8) is 0 Å². The first-order chi connectivity index (χ1) is 13.0. The predicted octanol–water partition coefficient (Wildman–Crippen LogP) is 1.29. The molecule has 3 heterocycles. The van der Waals surface area contributed by atoms with Crippen LogP contribution in [0.25, 0.3) is 0 Å². The number of likely N-dealkylation sites (tertiary alicyclic amines) is 1. The number of hydrogen-bond donors (Lipinski definition) is 2. The fourth-order valence-electron chi connectivity index (χ4n) is 4.51. The molecular formula is C20H25N3O4. The molecule has 144 valence electrons. The number of carbonyl (C=O) groups excluding carboxylic acids is 3. The molecule has 3 aliphatic heterocycles. The van der Waals surface area contributed by atoms with Gasteiger partial charge in [0.05, 0.1) is 24.0 Å². The third-order valence-corrected chi connectivity index (χ3v) is 5.86. The van der Waals surface area contributed by atoms with Crippen LogP contribution in [0, 0.1) is 11.8 Å². The summed E-state index contributed by atoms with van der Waals surface area (Å²) in [4.78, 5) is 39.5. The second-order valence-corrected chi connectivity index (χ2v) is 7.53. The van der Waals surface area contributed by atoms with E-state index in [9.17, 15) is 14.4 Å². The molecule has 1 aromatic rings. The first-order valence-corrected chi connectivity index (χ1v) is 9.64. The van der Waals surface area contributed by atoms with Crippen molar-refractivity contribution >= 4 is 23.4 Å². The van der Waals surface area contributed by atoms with Crippen LogP contribution in [0.5, 0.6) is 0 Å². The third kappa shape index (κ3) is 3.04. The molecule has 27 heavy (non-hydrogen) atoms. The van der Waals surface area contributed by atoms with Crippen molar-refractivity contribution in [1.29, 1.82) is 0 Å². The summed E-state index contributed by atoms with van der Waals surface area (Å²) in [6, 6.07) is 6.71. The first-order valence-electron chi connectivity index (χ1n) is 9.64. The van der Waals surface area contributed by atoms with Gasteiger partial charge < -0.3 is 15.4 Å². The quantitative estimate of drug-likeness (QED) is 0.736. The number of nitrogens with one attached hydrogen (secondary N) is 2. The molecule has 3 aliphatic rings. The number of ether oxygens (including phenoxy) is 1. The number of anilines is 1. The lowest BCUT2D eigenvalue weighted by Gasteiger charge is -2.24. The van der Waals surface area contributed by atoms with E-state index in [2.05, 4.69) is 10.6 Å². The predicted molar refractivity (Wildman–Crippen MR) is 98.6 cm³/mol. The molecule has 5 atom stereocenters. The Morgan fingerprint density at radius 1 is 1.22 bits per heavy atom. The van der Waals surface area contributed by atoms with Gasteiger partial charge in [-0.3, -0.25) is 19.3 Å². The van der Waals surface area contributed by atoms with E-state index < -0.39 is 17.9 Å². The molecule has 0 aromatic heterocycles. The molecule has 1 aromatic carbocycles. The van der Waals surface area contributed by atoms with Gasteiger partial charge in [-0.15, -0.1) is 0 Å². The molecule has 2 bridgehead atoms. The molecule has 5 unspecified atom stereocenters. The zero-order valence-corrected chi connectivity index (χ0v) is 15.6. The van der Waals surface area contributed by atoms with Crippen molar-refractivity contribution in [3.8, 4) is 0 Å². The largest absolute Gasteiger partial charge is 0.373 e. The van der Waals surface area contributed by atoms with Gasteiger partial charge in [0.2, 0.25) is 17.7 Å². The van der Waals surface area contributed by atoms with Crippen molar-refractivity contribution < 1.29 is 19.1 Å². The number of carbonyl (C=O) groups is 3. The maximum atomic E-state index is 12.8. The van der Waals surface area contributed by atoms with E-state index in [1.807, 2.05) is 25.1 Å². The summed E-state index contributed by atoms with van der Waals surface area (Å²) in [6.07, 6.45) is 1.30. The maximum absolute atomic E-state index is 12.8. The van der Waals surface area contributed by atoms with E-state index in [0.29, 0.717) is 12.2 Å². The second-order valence-electron chi connectivity index (χ2n) is 7.53. The normalized spacial score (nSPS) is 29.9. The summed E-state index contributed by atoms with van der Waals surface area (Å²) in [5, 5.41) is 6.08. The zero-order valence-electron chi connectivity index (χ0n) is 15.6. The van der Waals surface area contributed by atoms with Crippen molar-refractivity contribution in [1.82, 2.24) is 10.2 Å². The van der Waals surface area contributed by atoms with Gasteiger partial charge in [0.1, 0.15) is 6.04 Å². The highest BCUT2D eigenvalue weighted by Gasteiger charge is 2.63. The monoisotopic (exact) mass is 371 g/mol. The molecule has 0 aliphatic carbocycles. The van der Waals surface area contributed by atoms with Crippen molar-refractivity contribution in [2.75, 3.05) is 11.9 Å². The van der Waals surface area contributed by atoms with E-state index in [0.717, 1.165) is 29.8 Å². The number of hydrogen-bond acceptors (Lipinski definition) is 5. The van der Waals surface area contributed by atoms with Gasteiger partial charge in [-0.05, 0) is 44.0 Å². The molecule has 2 N–H and O–H groups in total. The molecule has 3 saturated heterocycles. The molecule has 7 nitrogen and oxygen atoms in total. The molecule has 3 amide bonds.